The molecule has 1 aliphatic rings. The quantitative estimate of drug-likeness (QED) is 0.629. The van der Waals surface area contributed by atoms with Crippen LogP contribution < -0.4 is 5.46 Å². The minimum atomic E-state index is -0.568. The van der Waals surface area contributed by atoms with E-state index in [0.717, 1.165) is 6.29 Å². The summed E-state index contributed by atoms with van der Waals surface area (Å²) in [5, 5.41) is 5.37. The van der Waals surface area contributed by atoms with Gasteiger partial charge in [0.1, 0.15) is 5.69 Å². The predicted molar refractivity (Wildman–Crippen MR) is 86.8 cm³/mol. The predicted octanol–water partition coefficient (Wildman–Crippen LogP) is 2.34. The molecule has 0 amide bonds. The minimum Gasteiger partial charge on any atom is -0.399 e. The zero-order chi connectivity index (χ0) is 16.3. The number of halogens is 1. The zero-order valence-corrected chi connectivity index (χ0v) is 14.1. The summed E-state index contributed by atoms with van der Waals surface area (Å²) in [5.41, 5.74) is 0.939. The van der Waals surface area contributed by atoms with Crippen molar-refractivity contribution in [2.75, 3.05) is 0 Å². The SMILES string of the molecule is Cn1nc2ccc(B3OC(C)(C)C(C)(C)O3)c(Cl)c2c1C=O. The molecule has 0 spiro atoms. The number of nitrogens with zero attached hydrogens (tertiary/aromatic N) is 2. The first-order valence-electron chi connectivity index (χ1n) is 7.14. The number of hydrogen-bond acceptors (Lipinski definition) is 4. The van der Waals surface area contributed by atoms with Crippen LogP contribution in [0.3, 0.4) is 0 Å². The summed E-state index contributed by atoms with van der Waals surface area (Å²) < 4.78 is 13.6. The van der Waals surface area contributed by atoms with Crippen molar-refractivity contribution in [2.45, 2.75) is 38.9 Å². The second-order valence-electron chi connectivity index (χ2n) is 6.58. The second-order valence-corrected chi connectivity index (χ2v) is 6.96. The van der Waals surface area contributed by atoms with Crippen LogP contribution >= 0.6 is 11.6 Å². The standard InChI is InChI=1S/C15H18BClN2O3/c1-14(2)15(3,4)22-16(21-14)9-6-7-10-12(13(9)17)11(8-20)19(5)18-10/h6-8H,1-5H3. The van der Waals surface area contributed by atoms with Crippen LogP contribution in [0, 0.1) is 0 Å². The third kappa shape index (κ3) is 2.09. The first kappa shape index (κ1) is 15.5. The molecule has 0 aliphatic carbocycles. The minimum absolute atomic E-state index is 0.443. The number of benzene rings is 1. The van der Waals surface area contributed by atoms with E-state index < -0.39 is 18.3 Å². The number of rotatable bonds is 2. The summed E-state index contributed by atoms with van der Waals surface area (Å²) in [6.07, 6.45) is 0.759. The molecule has 0 atom stereocenters. The Hall–Kier alpha value is -1.37. The van der Waals surface area contributed by atoms with Gasteiger partial charge in [0.15, 0.2) is 6.29 Å². The van der Waals surface area contributed by atoms with Crippen LogP contribution in [0.1, 0.15) is 38.2 Å². The van der Waals surface area contributed by atoms with E-state index in [1.807, 2.05) is 39.8 Å². The zero-order valence-electron chi connectivity index (χ0n) is 13.3. The average Bonchev–Trinajstić information content (AvgIpc) is 2.83. The van der Waals surface area contributed by atoms with Crippen molar-refractivity contribution < 1.29 is 14.1 Å². The Kier molecular flexibility index (Phi) is 3.40. The van der Waals surface area contributed by atoms with Gasteiger partial charge in [0.05, 0.1) is 21.7 Å². The maximum absolute atomic E-state index is 11.3. The molecule has 1 fully saturated rings. The van der Waals surface area contributed by atoms with Crippen LogP contribution in [0.15, 0.2) is 12.1 Å². The fourth-order valence-corrected chi connectivity index (χ4v) is 2.92. The van der Waals surface area contributed by atoms with Crippen molar-refractivity contribution in [3.05, 3.63) is 22.8 Å². The number of aromatic nitrogens is 2. The summed E-state index contributed by atoms with van der Waals surface area (Å²) >= 11 is 6.53. The van der Waals surface area contributed by atoms with Crippen molar-refractivity contribution in [3.8, 4) is 0 Å². The van der Waals surface area contributed by atoms with E-state index in [4.69, 9.17) is 20.9 Å². The number of aldehydes is 1. The number of aryl methyl sites for hydroxylation is 1. The molecule has 7 heteroatoms. The lowest BCUT2D eigenvalue weighted by Crippen LogP contribution is -2.41. The molecular formula is C15H18BClN2O3. The largest absolute Gasteiger partial charge is 0.496 e. The lowest BCUT2D eigenvalue weighted by Gasteiger charge is -2.32. The van der Waals surface area contributed by atoms with Gasteiger partial charge in [-0.25, -0.2) is 0 Å². The van der Waals surface area contributed by atoms with Crippen molar-refractivity contribution >= 4 is 41.4 Å². The van der Waals surface area contributed by atoms with Gasteiger partial charge in [-0.1, -0.05) is 17.7 Å². The highest BCUT2D eigenvalue weighted by Gasteiger charge is 2.52. The smallest absolute Gasteiger partial charge is 0.399 e. The highest BCUT2D eigenvalue weighted by molar-refractivity contribution is 6.66. The number of carbonyl (C=O) groups is 1. The van der Waals surface area contributed by atoms with Crippen molar-refractivity contribution in [2.24, 2.45) is 7.05 Å². The molecule has 0 bridgehead atoms. The van der Waals surface area contributed by atoms with E-state index in [9.17, 15) is 4.79 Å². The first-order valence-corrected chi connectivity index (χ1v) is 7.51. The fraction of sp³-hybridized carbons (Fsp3) is 0.467. The molecule has 1 aromatic heterocycles. The van der Waals surface area contributed by atoms with Gasteiger partial charge in [-0.2, -0.15) is 5.10 Å². The molecule has 1 saturated heterocycles. The monoisotopic (exact) mass is 320 g/mol. The third-order valence-electron chi connectivity index (χ3n) is 4.63. The summed E-state index contributed by atoms with van der Waals surface area (Å²) in [6.45, 7) is 7.95. The number of carbonyl (C=O) groups excluding carboxylic acids is 1. The van der Waals surface area contributed by atoms with Gasteiger partial charge >= 0.3 is 7.12 Å². The van der Waals surface area contributed by atoms with Gasteiger partial charge in [-0.15, -0.1) is 0 Å². The van der Waals surface area contributed by atoms with Gasteiger partial charge in [0.25, 0.3) is 0 Å². The van der Waals surface area contributed by atoms with Crippen molar-refractivity contribution in [1.82, 2.24) is 9.78 Å². The molecule has 1 aromatic carbocycles. The maximum atomic E-state index is 11.3. The highest BCUT2D eigenvalue weighted by atomic mass is 35.5. The number of fused-ring (bicyclic) bond motifs is 1. The topological polar surface area (TPSA) is 53.4 Å². The third-order valence-corrected chi connectivity index (χ3v) is 5.04. The molecule has 116 valence electrons. The Morgan fingerprint density at radius 3 is 2.36 bits per heavy atom. The lowest BCUT2D eigenvalue weighted by atomic mass is 9.78. The van der Waals surface area contributed by atoms with Gasteiger partial charge in [0.2, 0.25) is 0 Å². The van der Waals surface area contributed by atoms with Crippen molar-refractivity contribution in [1.29, 1.82) is 0 Å². The van der Waals surface area contributed by atoms with Crippen LogP contribution in [-0.4, -0.2) is 34.4 Å². The van der Waals surface area contributed by atoms with Gasteiger partial charge in [0, 0.05) is 17.9 Å². The molecular weight excluding hydrogens is 302 g/mol. The van der Waals surface area contributed by atoms with Crippen LogP contribution in [0.5, 0.6) is 0 Å². The maximum Gasteiger partial charge on any atom is 0.496 e. The van der Waals surface area contributed by atoms with Gasteiger partial charge < -0.3 is 9.31 Å². The molecule has 1 aliphatic heterocycles. The molecule has 3 rings (SSSR count). The molecule has 22 heavy (non-hydrogen) atoms. The van der Waals surface area contributed by atoms with Crippen LogP contribution in [0.4, 0.5) is 0 Å². The fourth-order valence-electron chi connectivity index (χ4n) is 2.57. The van der Waals surface area contributed by atoms with Crippen molar-refractivity contribution in [3.63, 3.8) is 0 Å². The Morgan fingerprint density at radius 1 is 1.23 bits per heavy atom. The molecule has 0 N–H and O–H groups in total. The molecule has 2 aromatic rings. The Morgan fingerprint density at radius 2 is 1.82 bits per heavy atom. The molecule has 5 nitrogen and oxygen atoms in total. The van der Waals surface area contributed by atoms with Gasteiger partial charge in [-0.3, -0.25) is 9.48 Å². The van der Waals surface area contributed by atoms with Crippen LogP contribution in [0.25, 0.3) is 10.9 Å². The van der Waals surface area contributed by atoms with Crippen LogP contribution in [-0.2, 0) is 16.4 Å². The van der Waals surface area contributed by atoms with Gasteiger partial charge in [-0.05, 0) is 33.8 Å². The average molecular weight is 321 g/mol. The van der Waals surface area contributed by atoms with Crippen LogP contribution in [0.2, 0.25) is 5.02 Å². The van der Waals surface area contributed by atoms with E-state index >= 15 is 0 Å². The number of hydrogen-bond donors (Lipinski definition) is 0. The van der Waals surface area contributed by atoms with E-state index in [0.29, 0.717) is 27.1 Å². The van der Waals surface area contributed by atoms with E-state index in [1.54, 1.807) is 7.05 Å². The Labute approximate surface area is 134 Å². The summed E-state index contributed by atoms with van der Waals surface area (Å²) in [7, 11) is 1.15. The Balaban J connectivity index is 2.14. The first-order chi connectivity index (χ1) is 10.2. The van der Waals surface area contributed by atoms with E-state index in [2.05, 4.69) is 5.10 Å². The molecule has 0 saturated carbocycles. The van der Waals surface area contributed by atoms with E-state index in [1.165, 1.54) is 4.68 Å². The molecule has 2 heterocycles. The van der Waals surface area contributed by atoms with E-state index in [-0.39, 0.29) is 0 Å². The molecule has 0 unspecified atom stereocenters. The normalized spacial score (nSPS) is 19.8. The summed E-state index contributed by atoms with van der Waals surface area (Å²) in [4.78, 5) is 11.3. The molecule has 0 radical (unpaired) electrons. The summed E-state index contributed by atoms with van der Waals surface area (Å²) in [6, 6.07) is 3.67. The highest BCUT2D eigenvalue weighted by Crippen LogP contribution is 2.37. The second kappa shape index (κ2) is 4.81. The lowest BCUT2D eigenvalue weighted by molar-refractivity contribution is 0.00578. The summed E-state index contributed by atoms with van der Waals surface area (Å²) in [5.74, 6) is 0. The Bertz CT molecular complexity index is 754.